The monoisotopic (exact) mass is 900 g/mol. The number of carbonyl (C=O) groups is 2. The Morgan fingerprint density at radius 1 is 0.825 bits per heavy atom. The predicted molar refractivity (Wildman–Crippen MR) is 233 cm³/mol. The highest BCUT2D eigenvalue weighted by molar-refractivity contribution is 7.89. The summed E-state index contributed by atoms with van der Waals surface area (Å²) in [4.78, 5) is 31.7. The zero-order chi connectivity index (χ0) is 45.1. The van der Waals surface area contributed by atoms with Crippen LogP contribution in [-0.4, -0.2) is 144 Å². The molecule has 15 heteroatoms. The lowest BCUT2D eigenvalue weighted by molar-refractivity contribution is -0.314. The molecule has 4 saturated heterocycles. The summed E-state index contributed by atoms with van der Waals surface area (Å²) in [7, 11) is 5.06. The van der Waals surface area contributed by atoms with E-state index in [0.717, 1.165) is 24.8 Å². The highest BCUT2D eigenvalue weighted by Gasteiger charge is 2.72. The van der Waals surface area contributed by atoms with Gasteiger partial charge in [-0.25, -0.2) is 8.42 Å². The third kappa shape index (κ3) is 8.99. The van der Waals surface area contributed by atoms with Crippen LogP contribution in [0.4, 0.5) is 0 Å². The summed E-state index contributed by atoms with van der Waals surface area (Å²) in [6.45, 7) is 9.93. The van der Waals surface area contributed by atoms with Gasteiger partial charge in [0.1, 0.15) is 24.4 Å². The van der Waals surface area contributed by atoms with E-state index in [1.807, 2.05) is 39.8 Å². The molecule has 0 N–H and O–H groups in total. The van der Waals surface area contributed by atoms with E-state index in [1.54, 1.807) is 37.8 Å². The first-order valence-corrected chi connectivity index (χ1v) is 25.0. The molecule has 0 radical (unpaired) electrons. The molecule has 3 aliphatic carbocycles. The van der Waals surface area contributed by atoms with Crippen molar-refractivity contribution in [1.29, 1.82) is 0 Å². The lowest BCUT2D eigenvalue weighted by Crippen LogP contribution is -2.59. The second-order valence-corrected chi connectivity index (χ2v) is 21.6. The second kappa shape index (κ2) is 19.1. The lowest BCUT2D eigenvalue weighted by Gasteiger charge is -2.44. The molecule has 7 aliphatic rings. The van der Waals surface area contributed by atoms with Gasteiger partial charge in [0.2, 0.25) is 10.0 Å². The van der Waals surface area contributed by atoms with Crippen molar-refractivity contribution in [1.82, 2.24) is 9.21 Å². The molecule has 63 heavy (non-hydrogen) atoms. The molecule has 1 aromatic rings. The minimum Gasteiger partial charge on any atom is -0.462 e. The number of methoxy groups -OCH3 is 3. The largest absolute Gasteiger partial charge is 0.462 e. The topological polar surface area (TPSA) is 148 Å². The van der Waals surface area contributed by atoms with Crippen LogP contribution in [0.15, 0.2) is 40.8 Å². The van der Waals surface area contributed by atoms with Gasteiger partial charge in [0.05, 0.1) is 35.7 Å². The number of aryl methyl sites for hydroxylation is 1. The molecular weight excluding hydrogens is 829 g/mol. The predicted octanol–water partition coefficient (Wildman–Crippen LogP) is 5.68. The molecule has 0 spiro atoms. The number of carbonyl (C=O) groups excluding carboxylic acids is 2. The molecular formula is C48H72N2O12S. The van der Waals surface area contributed by atoms with E-state index in [4.69, 9.17) is 37.9 Å². The Hall–Kier alpha value is -2.31. The van der Waals surface area contributed by atoms with Crippen molar-refractivity contribution in [3.8, 4) is 0 Å². The Morgan fingerprint density at radius 3 is 2.17 bits per heavy atom. The van der Waals surface area contributed by atoms with E-state index >= 15 is 4.79 Å². The Balaban J connectivity index is 1.13. The highest BCUT2D eigenvalue weighted by atomic mass is 32.2. The fourth-order valence-electron chi connectivity index (χ4n) is 12.7. The summed E-state index contributed by atoms with van der Waals surface area (Å²) in [5, 5.41) is 0. The first kappa shape index (κ1) is 47.2. The Labute approximate surface area is 375 Å². The van der Waals surface area contributed by atoms with Crippen molar-refractivity contribution in [2.24, 2.45) is 35.5 Å². The molecule has 0 bridgehead atoms. The summed E-state index contributed by atoms with van der Waals surface area (Å²) in [6, 6.07) is 6.56. The lowest BCUT2D eigenvalue weighted by atomic mass is 9.66. The number of fused-ring (bicyclic) bond motifs is 8. The maximum absolute atomic E-state index is 15.2. The first-order chi connectivity index (χ1) is 30.1. The van der Waals surface area contributed by atoms with Gasteiger partial charge in [0.15, 0.2) is 18.4 Å². The van der Waals surface area contributed by atoms with Crippen LogP contribution in [0.5, 0.6) is 0 Å². The molecule has 2 saturated carbocycles. The van der Waals surface area contributed by atoms with Crippen molar-refractivity contribution in [2.75, 3.05) is 35.4 Å². The quantitative estimate of drug-likeness (QED) is 0.198. The van der Waals surface area contributed by atoms with Crippen molar-refractivity contribution in [2.45, 2.75) is 177 Å². The molecule has 6 fully saturated rings. The average molecular weight is 901 g/mol. The summed E-state index contributed by atoms with van der Waals surface area (Å²) >= 11 is 0. The van der Waals surface area contributed by atoms with E-state index in [9.17, 15) is 13.2 Å². The minimum atomic E-state index is -3.94. The van der Waals surface area contributed by atoms with E-state index in [-0.39, 0.29) is 89.3 Å². The van der Waals surface area contributed by atoms with Crippen molar-refractivity contribution in [3.05, 3.63) is 41.5 Å². The van der Waals surface area contributed by atoms with Crippen LogP contribution in [0, 0.1) is 42.4 Å². The van der Waals surface area contributed by atoms with Crippen LogP contribution in [0.25, 0.3) is 0 Å². The number of nitrogens with zero attached hydrogens (tertiary/aromatic N) is 2. The molecule has 0 aromatic heterocycles. The fourth-order valence-corrected chi connectivity index (χ4v) is 14.6. The zero-order valence-electron chi connectivity index (χ0n) is 38.9. The van der Waals surface area contributed by atoms with Gasteiger partial charge in [-0.05, 0) is 128 Å². The highest BCUT2D eigenvalue weighted by Crippen LogP contribution is 2.65. The number of esters is 1. The number of hydrogen-bond donors (Lipinski definition) is 0. The molecule has 14 nitrogen and oxygen atoms in total. The maximum Gasteiger partial charge on any atom is 0.306 e. The maximum atomic E-state index is 15.2. The SMILES string of the molecule is CC[C@H]1CCC[C@H](O[C@H]2CC[C@H](N(C)C)C(C)O2)[C@@H](C)C(=O)C2=C[C@H]3[C@@H]4C[C@H](O[C@@H]5OC(C)[C@H](OC)C(OC)[C@@H]5OC)C[C@H]4[C@H]4[C@@H]([C@H]3[C@@H]2CC(=O)O1)N4S(=O)(=O)c1ccc(C)cc1. The van der Waals surface area contributed by atoms with E-state index in [2.05, 4.69) is 32.0 Å². The number of ketones is 1. The number of allylic oxidation sites excluding steroid dienone is 2. The van der Waals surface area contributed by atoms with Crippen LogP contribution in [0.1, 0.15) is 91.0 Å². The second-order valence-electron chi connectivity index (χ2n) is 19.7. The third-order valence-electron chi connectivity index (χ3n) is 15.9. The summed E-state index contributed by atoms with van der Waals surface area (Å²) in [5.74, 6) is -1.97. The zero-order valence-corrected chi connectivity index (χ0v) is 39.7. The molecule has 0 amide bonds. The standard InChI is InChI=1S/C48H72N2O12S/c1-11-29-13-12-14-38(62-40-20-19-37(49(6)7)27(4)58-40)26(3)44(52)36-23-33-32-21-30(61-48-47(57-10)46(56-9)45(55-8)28(5)59-48)22-35(32)42-43(41(33)34(36)24-39(51)60-29)50(42)63(53,54)31-17-15-25(2)16-18-31/h15-18,23,26-30,32-35,37-38,40-43,45-48H,11-14,19-22,24H2,1-10H3/t26-,27?,28?,29+,30+,32+,33+,34-,35-,37+,38+,40+,41-,42+,43-,45+,46?,47+,48+,50?/m1/s1. The van der Waals surface area contributed by atoms with Gasteiger partial charge in [-0.2, -0.15) is 4.31 Å². The van der Waals surface area contributed by atoms with E-state index in [0.29, 0.717) is 37.7 Å². The van der Waals surface area contributed by atoms with Gasteiger partial charge in [-0.1, -0.05) is 37.6 Å². The van der Waals surface area contributed by atoms with Crippen LogP contribution < -0.4 is 0 Å². The number of benzene rings is 1. The van der Waals surface area contributed by atoms with Crippen LogP contribution in [-0.2, 0) is 57.5 Å². The van der Waals surface area contributed by atoms with Crippen LogP contribution in [0.3, 0.4) is 0 Å². The number of ether oxygens (including phenoxy) is 8. The summed E-state index contributed by atoms with van der Waals surface area (Å²) in [5.41, 5.74) is 1.57. The molecule has 4 heterocycles. The van der Waals surface area contributed by atoms with Crippen molar-refractivity contribution >= 4 is 21.8 Å². The molecule has 352 valence electrons. The first-order valence-electron chi connectivity index (χ1n) is 23.5. The Kier molecular flexibility index (Phi) is 14.3. The van der Waals surface area contributed by atoms with Gasteiger partial charge >= 0.3 is 5.97 Å². The van der Waals surface area contributed by atoms with Crippen molar-refractivity contribution in [3.63, 3.8) is 0 Å². The molecule has 1 aromatic carbocycles. The van der Waals surface area contributed by atoms with Gasteiger partial charge in [-0.3, -0.25) is 9.59 Å². The average Bonchev–Trinajstić information content (AvgIpc) is 3.69. The number of hydrogen-bond acceptors (Lipinski definition) is 13. The molecule has 4 unspecified atom stereocenters. The number of cyclic esters (lactones) is 1. The number of Topliss-reactive ketones (excluding diaryl/α,β-unsaturated/α-hetero) is 1. The smallest absolute Gasteiger partial charge is 0.306 e. The number of rotatable bonds is 11. The molecule has 8 rings (SSSR count). The summed E-state index contributed by atoms with van der Waals surface area (Å²) in [6.07, 6.45) is 3.84. The van der Waals surface area contributed by atoms with E-state index in [1.165, 1.54) is 0 Å². The molecule has 20 atom stereocenters. The van der Waals surface area contributed by atoms with E-state index < -0.39 is 58.8 Å². The van der Waals surface area contributed by atoms with Crippen LogP contribution in [0.2, 0.25) is 0 Å². The van der Waals surface area contributed by atoms with Gasteiger partial charge in [0, 0.05) is 51.3 Å². The van der Waals surface area contributed by atoms with Gasteiger partial charge in [-0.15, -0.1) is 0 Å². The van der Waals surface area contributed by atoms with Gasteiger partial charge in [0.25, 0.3) is 0 Å². The Bertz CT molecular complexity index is 1930. The van der Waals surface area contributed by atoms with Crippen LogP contribution >= 0.6 is 0 Å². The number of likely N-dealkylation sites (N-methyl/N-ethyl adjacent to an activating group) is 1. The minimum absolute atomic E-state index is 0.00398. The normalized spacial score (nSPS) is 44.3. The Morgan fingerprint density at radius 2 is 1.52 bits per heavy atom. The fraction of sp³-hybridized carbons (Fsp3) is 0.792. The summed E-state index contributed by atoms with van der Waals surface area (Å²) < 4.78 is 81.4. The number of sulfonamides is 1. The third-order valence-corrected chi connectivity index (χ3v) is 17.9. The molecule has 4 aliphatic heterocycles. The van der Waals surface area contributed by atoms with Gasteiger partial charge < -0.3 is 42.8 Å². The van der Waals surface area contributed by atoms with Crippen molar-refractivity contribution < 1.29 is 55.9 Å².